The van der Waals surface area contributed by atoms with E-state index in [4.69, 9.17) is 23.2 Å². The number of rotatable bonds is 2. The Morgan fingerprint density at radius 3 is 2.52 bits per heavy atom. The van der Waals surface area contributed by atoms with E-state index in [9.17, 15) is 4.79 Å². The van der Waals surface area contributed by atoms with Gasteiger partial charge in [0.05, 0.1) is 6.04 Å². The summed E-state index contributed by atoms with van der Waals surface area (Å²) < 4.78 is 0. The first-order valence-electron chi connectivity index (χ1n) is 6.69. The van der Waals surface area contributed by atoms with Crippen LogP contribution in [0.25, 0.3) is 0 Å². The van der Waals surface area contributed by atoms with Crippen LogP contribution in [0, 0.1) is 0 Å². The fourth-order valence-electron chi connectivity index (χ4n) is 2.70. The molecule has 1 unspecified atom stereocenters. The van der Waals surface area contributed by atoms with Gasteiger partial charge in [0.1, 0.15) is 10.3 Å². The molecule has 0 saturated carbocycles. The first-order valence-corrected chi connectivity index (χ1v) is 7.45. The molecule has 21 heavy (non-hydrogen) atoms. The molecule has 2 aromatic rings. The van der Waals surface area contributed by atoms with Gasteiger partial charge in [0.2, 0.25) is 0 Å². The molecule has 0 spiro atoms. The zero-order valence-corrected chi connectivity index (χ0v) is 12.7. The van der Waals surface area contributed by atoms with Crippen LogP contribution >= 0.6 is 23.2 Å². The number of pyridine rings is 2. The standard InChI is InChI=1S/C15H13Cl2N3O/c16-13-8-11(9-14(17)19-13)15(21)20-7-1-2-12(20)10-3-5-18-6-4-10/h3-6,8-9,12H,1-2,7H2. The third kappa shape index (κ3) is 3.01. The molecule has 3 rings (SSSR count). The first-order chi connectivity index (χ1) is 10.1. The number of carbonyl (C=O) groups excluding carboxylic acids is 1. The number of nitrogens with zero attached hydrogens (tertiary/aromatic N) is 3. The molecular weight excluding hydrogens is 309 g/mol. The van der Waals surface area contributed by atoms with Crippen molar-refractivity contribution in [3.8, 4) is 0 Å². The van der Waals surface area contributed by atoms with Crippen molar-refractivity contribution in [1.29, 1.82) is 0 Å². The molecule has 0 radical (unpaired) electrons. The number of amides is 1. The predicted molar refractivity (Wildman–Crippen MR) is 81.5 cm³/mol. The summed E-state index contributed by atoms with van der Waals surface area (Å²) in [4.78, 5) is 22.5. The zero-order chi connectivity index (χ0) is 14.8. The average molecular weight is 322 g/mol. The van der Waals surface area contributed by atoms with Crippen molar-refractivity contribution in [2.75, 3.05) is 6.54 Å². The summed E-state index contributed by atoms with van der Waals surface area (Å²) in [5.41, 5.74) is 1.57. The van der Waals surface area contributed by atoms with Crippen molar-refractivity contribution >= 4 is 29.1 Å². The van der Waals surface area contributed by atoms with E-state index < -0.39 is 0 Å². The van der Waals surface area contributed by atoms with Crippen LogP contribution in [0.1, 0.15) is 34.8 Å². The van der Waals surface area contributed by atoms with Gasteiger partial charge in [0.25, 0.3) is 5.91 Å². The highest BCUT2D eigenvalue weighted by molar-refractivity contribution is 6.33. The SMILES string of the molecule is O=C(c1cc(Cl)nc(Cl)c1)N1CCCC1c1ccncc1. The molecule has 1 amide bonds. The number of hydrogen-bond donors (Lipinski definition) is 0. The third-order valence-electron chi connectivity index (χ3n) is 3.61. The molecule has 108 valence electrons. The summed E-state index contributed by atoms with van der Waals surface area (Å²) in [6, 6.07) is 7.08. The maximum absolute atomic E-state index is 12.7. The Hall–Kier alpha value is -1.65. The minimum absolute atomic E-state index is 0.0690. The van der Waals surface area contributed by atoms with Crippen LogP contribution in [-0.4, -0.2) is 27.3 Å². The van der Waals surface area contributed by atoms with E-state index in [2.05, 4.69) is 9.97 Å². The van der Waals surface area contributed by atoms with E-state index in [1.54, 1.807) is 24.5 Å². The van der Waals surface area contributed by atoms with Crippen LogP contribution in [-0.2, 0) is 0 Å². The Bertz CT molecular complexity index is 643. The quantitative estimate of drug-likeness (QED) is 0.791. The second kappa shape index (κ2) is 6.00. The fraction of sp³-hybridized carbons (Fsp3) is 0.267. The van der Waals surface area contributed by atoms with Crippen molar-refractivity contribution in [1.82, 2.24) is 14.9 Å². The Balaban J connectivity index is 1.90. The number of likely N-dealkylation sites (tertiary alicyclic amines) is 1. The summed E-state index contributed by atoms with van der Waals surface area (Å²) >= 11 is 11.8. The highest BCUT2D eigenvalue weighted by Crippen LogP contribution is 2.33. The highest BCUT2D eigenvalue weighted by atomic mass is 35.5. The summed E-state index contributed by atoms with van der Waals surface area (Å²) in [6.07, 6.45) is 5.42. The smallest absolute Gasteiger partial charge is 0.254 e. The predicted octanol–water partition coefficient (Wildman–Crippen LogP) is 3.76. The van der Waals surface area contributed by atoms with Crippen LogP contribution in [0.4, 0.5) is 0 Å². The van der Waals surface area contributed by atoms with Crippen LogP contribution in [0.5, 0.6) is 0 Å². The van der Waals surface area contributed by atoms with E-state index in [-0.39, 0.29) is 22.3 Å². The van der Waals surface area contributed by atoms with Crippen LogP contribution in [0.3, 0.4) is 0 Å². The zero-order valence-electron chi connectivity index (χ0n) is 11.2. The Kier molecular flexibility index (Phi) is 4.08. The number of aromatic nitrogens is 2. The molecule has 4 nitrogen and oxygen atoms in total. The van der Waals surface area contributed by atoms with Gasteiger partial charge < -0.3 is 4.90 Å². The van der Waals surface area contributed by atoms with Gasteiger partial charge >= 0.3 is 0 Å². The van der Waals surface area contributed by atoms with E-state index >= 15 is 0 Å². The normalized spacial score (nSPS) is 18.0. The number of halogens is 2. The molecule has 1 saturated heterocycles. The monoisotopic (exact) mass is 321 g/mol. The molecule has 1 aliphatic rings. The van der Waals surface area contributed by atoms with E-state index in [0.29, 0.717) is 5.56 Å². The Labute approximate surface area is 132 Å². The van der Waals surface area contributed by atoms with Crippen molar-refractivity contribution in [3.63, 3.8) is 0 Å². The summed E-state index contributed by atoms with van der Waals surface area (Å²) in [7, 11) is 0. The molecule has 6 heteroatoms. The van der Waals surface area contributed by atoms with E-state index in [1.165, 1.54) is 0 Å². The summed E-state index contributed by atoms with van der Waals surface area (Å²) in [5.74, 6) is -0.0690. The van der Waals surface area contributed by atoms with Crippen molar-refractivity contribution < 1.29 is 4.79 Å². The lowest BCUT2D eigenvalue weighted by Crippen LogP contribution is -2.30. The van der Waals surface area contributed by atoms with Gasteiger partial charge in [0.15, 0.2) is 0 Å². The number of hydrogen-bond acceptors (Lipinski definition) is 3. The maximum Gasteiger partial charge on any atom is 0.254 e. The second-order valence-corrected chi connectivity index (χ2v) is 5.71. The van der Waals surface area contributed by atoms with Crippen molar-refractivity contribution in [3.05, 3.63) is 58.1 Å². The fourth-order valence-corrected chi connectivity index (χ4v) is 3.16. The molecule has 2 aromatic heterocycles. The van der Waals surface area contributed by atoms with Gasteiger partial charge in [0, 0.05) is 24.5 Å². The second-order valence-electron chi connectivity index (χ2n) is 4.94. The Morgan fingerprint density at radius 2 is 1.86 bits per heavy atom. The molecule has 1 aliphatic heterocycles. The highest BCUT2D eigenvalue weighted by Gasteiger charge is 2.30. The van der Waals surface area contributed by atoms with E-state index in [0.717, 1.165) is 24.9 Å². The van der Waals surface area contributed by atoms with Gasteiger partial charge in [-0.25, -0.2) is 4.98 Å². The summed E-state index contributed by atoms with van der Waals surface area (Å²) in [6.45, 7) is 0.726. The molecule has 3 heterocycles. The Morgan fingerprint density at radius 1 is 1.19 bits per heavy atom. The largest absolute Gasteiger partial charge is 0.332 e. The van der Waals surface area contributed by atoms with Gasteiger partial charge in [-0.3, -0.25) is 9.78 Å². The van der Waals surface area contributed by atoms with Gasteiger partial charge in [-0.2, -0.15) is 0 Å². The topological polar surface area (TPSA) is 46.1 Å². The van der Waals surface area contributed by atoms with Crippen LogP contribution in [0.15, 0.2) is 36.7 Å². The minimum atomic E-state index is -0.0690. The summed E-state index contributed by atoms with van der Waals surface area (Å²) in [5, 5.41) is 0.455. The molecule has 0 N–H and O–H groups in total. The number of carbonyl (C=O) groups is 1. The van der Waals surface area contributed by atoms with Crippen molar-refractivity contribution in [2.45, 2.75) is 18.9 Å². The van der Waals surface area contributed by atoms with Gasteiger partial charge in [-0.05, 0) is 42.7 Å². The molecule has 0 bridgehead atoms. The van der Waals surface area contributed by atoms with Gasteiger partial charge in [-0.1, -0.05) is 23.2 Å². The molecule has 1 atom stereocenters. The minimum Gasteiger partial charge on any atom is -0.332 e. The van der Waals surface area contributed by atoms with E-state index in [1.807, 2.05) is 17.0 Å². The molecule has 1 fully saturated rings. The molecular formula is C15H13Cl2N3O. The lowest BCUT2D eigenvalue weighted by atomic mass is 10.1. The lowest BCUT2D eigenvalue weighted by Gasteiger charge is -2.25. The average Bonchev–Trinajstić information content (AvgIpc) is 2.95. The molecule has 0 aliphatic carbocycles. The van der Waals surface area contributed by atoms with Gasteiger partial charge in [-0.15, -0.1) is 0 Å². The maximum atomic E-state index is 12.7. The van der Waals surface area contributed by atoms with Crippen LogP contribution < -0.4 is 0 Å². The lowest BCUT2D eigenvalue weighted by molar-refractivity contribution is 0.0735. The molecule has 0 aromatic carbocycles. The van der Waals surface area contributed by atoms with Crippen molar-refractivity contribution in [2.24, 2.45) is 0 Å². The first kappa shape index (κ1) is 14.3. The van der Waals surface area contributed by atoms with Crippen LogP contribution in [0.2, 0.25) is 10.3 Å². The third-order valence-corrected chi connectivity index (χ3v) is 4.00.